The van der Waals surface area contributed by atoms with Crippen LogP contribution in [0, 0.1) is 6.92 Å². The van der Waals surface area contributed by atoms with E-state index in [1.54, 1.807) is 0 Å². The minimum absolute atomic E-state index is 0.149. The van der Waals surface area contributed by atoms with E-state index >= 15 is 0 Å². The van der Waals surface area contributed by atoms with Crippen LogP contribution < -0.4 is 4.74 Å². The molecule has 1 aliphatic rings. The predicted octanol–water partition coefficient (Wildman–Crippen LogP) is 3.46. The van der Waals surface area contributed by atoms with Crippen molar-refractivity contribution >= 4 is 0 Å². The number of aliphatic hydroxyl groups is 1. The third-order valence-electron chi connectivity index (χ3n) is 4.11. The molecule has 0 aromatic heterocycles. The number of rotatable bonds is 4. The van der Waals surface area contributed by atoms with E-state index in [2.05, 4.69) is 31.2 Å². The van der Waals surface area contributed by atoms with Crippen molar-refractivity contribution in [2.24, 2.45) is 0 Å². The van der Waals surface area contributed by atoms with Crippen molar-refractivity contribution in [1.29, 1.82) is 0 Å². The molecular weight excluding hydrogens is 248 g/mol. The quantitative estimate of drug-likeness (QED) is 0.920. The van der Waals surface area contributed by atoms with Crippen molar-refractivity contribution in [3.63, 3.8) is 0 Å². The Kier molecular flexibility index (Phi) is 3.75. The molecule has 2 heteroatoms. The summed E-state index contributed by atoms with van der Waals surface area (Å²) in [5.41, 5.74) is 3.75. The highest BCUT2D eigenvalue weighted by atomic mass is 16.5. The lowest BCUT2D eigenvalue weighted by Gasteiger charge is -2.20. The molecule has 0 spiro atoms. The molecule has 0 fully saturated rings. The van der Waals surface area contributed by atoms with Gasteiger partial charge in [0.05, 0.1) is 6.61 Å². The first-order valence-corrected chi connectivity index (χ1v) is 7.19. The van der Waals surface area contributed by atoms with Gasteiger partial charge < -0.3 is 9.84 Å². The monoisotopic (exact) mass is 268 g/mol. The van der Waals surface area contributed by atoms with Crippen LogP contribution in [0.3, 0.4) is 0 Å². The Morgan fingerprint density at radius 3 is 2.65 bits per heavy atom. The van der Waals surface area contributed by atoms with Crippen LogP contribution in [-0.2, 0) is 6.42 Å². The molecule has 0 saturated carbocycles. The maximum Gasteiger partial charge on any atom is 0.123 e. The second kappa shape index (κ2) is 5.68. The van der Waals surface area contributed by atoms with Crippen molar-refractivity contribution in [3.05, 3.63) is 65.2 Å². The topological polar surface area (TPSA) is 29.5 Å². The second-order valence-electron chi connectivity index (χ2n) is 5.52. The fourth-order valence-electron chi connectivity index (χ4n) is 3.05. The molecule has 20 heavy (non-hydrogen) atoms. The van der Waals surface area contributed by atoms with Gasteiger partial charge in [-0.3, -0.25) is 0 Å². The van der Waals surface area contributed by atoms with Gasteiger partial charge in [0.25, 0.3) is 0 Å². The molecule has 3 rings (SSSR count). The normalized spacial score (nSPS) is 18.4. The minimum Gasteiger partial charge on any atom is -0.490 e. The molecule has 2 nitrogen and oxygen atoms in total. The van der Waals surface area contributed by atoms with Crippen molar-refractivity contribution in [2.45, 2.75) is 31.8 Å². The van der Waals surface area contributed by atoms with E-state index in [9.17, 15) is 5.11 Å². The molecule has 1 heterocycles. The van der Waals surface area contributed by atoms with E-state index in [0.29, 0.717) is 0 Å². The molecule has 0 amide bonds. The number of benzene rings is 2. The Hall–Kier alpha value is -1.80. The van der Waals surface area contributed by atoms with Crippen LogP contribution in [0.4, 0.5) is 0 Å². The number of aryl methyl sites for hydroxylation is 1. The van der Waals surface area contributed by atoms with Crippen LogP contribution in [0.25, 0.3) is 0 Å². The van der Waals surface area contributed by atoms with Crippen molar-refractivity contribution in [2.75, 3.05) is 6.61 Å². The van der Waals surface area contributed by atoms with Crippen LogP contribution in [0.2, 0.25) is 0 Å². The van der Waals surface area contributed by atoms with Gasteiger partial charge in [0.2, 0.25) is 0 Å². The van der Waals surface area contributed by atoms with Crippen LogP contribution in [0.15, 0.2) is 48.5 Å². The van der Waals surface area contributed by atoms with Gasteiger partial charge in [0.1, 0.15) is 11.9 Å². The molecule has 0 saturated heterocycles. The zero-order valence-electron chi connectivity index (χ0n) is 11.8. The second-order valence-corrected chi connectivity index (χ2v) is 5.52. The third-order valence-corrected chi connectivity index (χ3v) is 4.11. The number of ether oxygens (including phenoxy) is 1. The Balaban J connectivity index is 1.73. The lowest BCUT2D eigenvalue weighted by Crippen LogP contribution is -2.19. The highest BCUT2D eigenvalue weighted by Gasteiger charge is 2.26. The Morgan fingerprint density at radius 2 is 1.90 bits per heavy atom. The maximum atomic E-state index is 9.73. The summed E-state index contributed by atoms with van der Waals surface area (Å²) in [6.07, 6.45) is 1.97. The summed E-state index contributed by atoms with van der Waals surface area (Å²) in [6.45, 7) is 2.27. The zero-order chi connectivity index (χ0) is 13.9. The fourth-order valence-corrected chi connectivity index (χ4v) is 3.05. The van der Waals surface area contributed by atoms with Gasteiger partial charge >= 0.3 is 0 Å². The highest BCUT2D eigenvalue weighted by molar-refractivity contribution is 5.37. The van der Waals surface area contributed by atoms with Gasteiger partial charge in [-0.05, 0) is 36.1 Å². The fraction of sp³-hybridized carbons (Fsp3) is 0.333. The number of fused-ring (bicyclic) bond motifs is 1. The van der Waals surface area contributed by atoms with E-state index in [-0.39, 0.29) is 18.6 Å². The van der Waals surface area contributed by atoms with Crippen LogP contribution in [-0.4, -0.2) is 17.8 Å². The standard InChI is InChI=1S/C18H20O2/c1-13-6-2-4-8-17(13)15(12-19)11-16-10-14-7-3-5-9-18(14)20-16/h2-9,15-16,19H,10-12H2,1H3. The van der Waals surface area contributed by atoms with Gasteiger partial charge in [0.15, 0.2) is 0 Å². The van der Waals surface area contributed by atoms with E-state index in [4.69, 9.17) is 4.74 Å². The molecule has 2 aromatic rings. The molecule has 2 unspecified atom stereocenters. The van der Waals surface area contributed by atoms with E-state index in [1.165, 1.54) is 16.7 Å². The number of hydrogen-bond donors (Lipinski definition) is 1. The Labute approximate surface area is 120 Å². The average Bonchev–Trinajstić information content (AvgIpc) is 2.88. The summed E-state index contributed by atoms with van der Waals surface area (Å²) < 4.78 is 5.99. The molecule has 2 atom stereocenters. The van der Waals surface area contributed by atoms with Crippen molar-refractivity contribution in [3.8, 4) is 5.75 Å². The predicted molar refractivity (Wildman–Crippen MR) is 80.2 cm³/mol. The lowest BCUT2D eigenvalue weighted by molar-refractivity contribution is 0.179. The maximum absolute atomic E-state index is 9.73. The van der Waals surface area contributed by atoms with Gasteiger partial charge in [-0.15, -0.1) is 0 Å². The summed E-state index contributed by atoms with van der Waals surface area (Å²) >= 11 is 0. The molecular formula is C18H20O2. The molecule has 0 aliphatic carbocycles. The molecule has 0 bridgehead atoms. The third kappa shape index (κ3) is 2.56. The SMILES string of the molecule is Cc1ccccc1C(CO)CC1Cc2ccccc2O1. The summed E-state index contributed by atoms with van der Waals surface area (Å²) in [4.78, 5) is 0. The molecule has 2 aromatic carbocycles. The summed E-state index contributed by atoms with van der Waals surface area (Å²) in [5.74, 6) is 1.15. The first kappa shape index (κ1) is 13.2. The highest BCUT2D eigenvalue weighted by Crippen LogP contribution is 2.33. The van der Waals surface area contributed by atoms with E-state index in [0.717, 1.165) is 18.6 Å². The Bertz CT molecular complexity index is 566. The van der Waals surface area contributed by atoms with Crippen LogP contribution in [0.1, 0.15) is 29.0 Å². The Morgan fingerprint density at radius 1 is 1.15 bits per heavy atom. The number of aliphatic hydroxyl groups excluding tert-OH is 1. The van der Waals surface area contributed by atoms with E-state index < -0.39 is 0 Å². The smallest absolute Gasteiger partial charge is 0.123 e. The lowest BCUT2D eigenvalue weighted by atomic mass is 9.89. The number of hydrogen-bond acceptors (Lipinski definition) is 2. The number of para-hydroxylation sites is 1. The van der Waals surface area contributed by atoms with E-state index in [1.807, 2.05) is 24.3 Å². The van der Waals surface area contributed by atoms with Crippen LogP contribution >= 0.6 is 0 Å². The first-order valence-electron chi connectivity index (χ1n) is 7.19. The molecule has 1 aliphatic heterocycles. The summed E-state index contributed by atoms with van der Waals surface area (Å²) in [7, 11) is 0. The van der Waals surface area contributed by atoms with Gasteiger partial charge in [0, 0.05) is 12.3 Å². The first-order chi connectivity index (χ1) is 9.78. The van der Waals surface area contributed by atoms with Crippen molar-refractivity contribution in [1.82, 2.24) is 0 Å². The summed E-state index contributed by atoms with van der Waals surface area (Å²) in [6, 6.07) is 16.5. The van der Waals surface area contributed by atoms with Gasteiger partial charge in [-0.2, -0.15) is 0 Å². The average molecular weight is 268 g/mol. The van der Waals surface area contributed by atoms with Gasteiger partial charge in [-0.25, -0.2) is 0 Å². The summed E-state index contributed by atoms with van der Waals surface area (Å²) in [5, 5.41) is 9.73. The minimum atomic E-state index is 0.149. The van der Waals surface area contributed by atoms with Gasteiger partial charge in [-0.1, -0.05) is 42.5 Å². The zero-order valence-corrected chi connectivity index (χ0v) is 11.8. The van der Waals surface area contributed by atoms with Crippen molar-refractivity contribution < 1.29 is 9.84 Å². The van der Waals surface area contributed by atoms with Crippen LogP contribution in [0.5, 0.6) is 5.75 Å². The largest absolute Gasteiger partial charge is 0.490 e. The molecule has 1 N–H and O–H groups in total. The molecule has 0 radical (unpaired) electrons. The molecule has 104 valence electrons.